The van der Waals surface area contributed by atoms with Crippen LogP contribution in [0.1, 0.15) is 0 Å². The van der Waals surface area contributed by atoms with Crippen LogP contribution < -0.4 is 4.90 Å². The van der Waals surface area contributed by atoms with Crippen LogP contribution in [0.15, 0.2) is 144 Å². The van der Waals surface area contributed by atoms with E-state index in [4.69, 9.17) is 4.42 Å². The summed E-state index contributed by atoms with van der Waals surface area (Å²) in [6.45, 7) is 0. The van der Waals surface area contributed by atoms with Crippen LogP contribution >= 0.6 is 0 Å². The van der Waals surface area contributed by atoms with Crippen molar-refractivity contribution in [2.75, 3.05) is 4.90 Å². The summed E-state index contributed by atoms with van der Waals surface area (Å²) >= 11 is 0. The Labute approximate surface area is 209 Å². The van der Waals surface area contributed by atoms with Gasteiger partial charge in [-0.05, 0) is 70.4 Å². The minimum atomic E-state index is 0.899. The van der Waals surface area contributed by atoms with Crippen molar-refractivity contribution in [1.29, 1.82) is 0 Å². The normalized spacial score (nSPS) is 11.3. The van der Waals surface area contributed by atoms with E-state index in [1.807, 2.05) is 0 Å². The molecule has 0 fully saturated rings. The lowest BCUT2D eigenvalue weighted by Crippen LogP contribution is -2.09. The number of anilines is 3. The van der Waals surface area contributed by atoms with Gasteiger partial charge in [0.1, 0.15) is 11.2 Å². The molecule has 0 aliphatic rings. The van der Waals surface area contributed by atoms with Gasteiger partial charge < -0.3 is 9.32 Å². The smallest absolute Gasteiger partial charge is 0.136 e. The van der Waals surface area contributed by atoms with Gasteiger partial charge in [-0.1, -0.05) is 91.0 Å². The first-order valence-corrected chi connectivity index (χ1v) is 12.2. The van der Waals surface area contributed by atoms with E-state index in [1.54, 1.807) is 0 Å². The fourth-order valence-electron chi connectivity index (χ4n) is 5.15. The van der Waals surface area contributed by atoms with Crippen LogP contribution in [0.25, 0.3) is 43.8 Å². The minimum Gasteiger partial charge on any atom is -0.456 e. The molecule has 0 aliphatic carbocycles. The van der Waals surface area contributed by atoms with Crippen LogP contribution in [0.4, 0.5) is 17.1 Å². The van der Waals surface area contributed by atoms with Gasteiger partial charge in [-0.2, -0.15) is 0 Å². The summed E-state index contributed by atoms with van der Waals surface area (Å²) in [5, 5.41) is 4.72. The maximum atomic E-state index is 6.27. The Kier molecular flexibility index (Phi) is 4.82. The number of nitrogens with zero attached hydrogens (tertiary/aromatic N) is 1. The van der Waals surface area contributed by atoms with Crippen LogP contribution in [0.2, 0.25) is 0 Å². The molecule has 7 aromatic rings. The zero-order chi connectivity index (χ0) is 23.9. The van der Waals surface area contributed by atoms with E-state index in [1.165, 1.54) is 21.9 Å². The van der Waals surface area contributed by atoms with E-state index >= 15 is 0 Å². The van der Waals surface area contributed by atoms with Crippen LogP contribution in [0.3, 0.4) is 0 Å². The summed E-state index contributed by atoms with van der Waals surface area (Å²) in [5.74, 6) is 0. The lowest BCUT2D eigenvalue weighted by atomic mass is 10.0. The van der Waals surface area contributed by atoms with Crippen molar-refractivity contribution in [2.45, 2.75) is 0 Å². The molecule has 0 N–H and O–H groups in total. The Balaban J connectivity index is 1.46. The summed E-state index contributed by atoms with van der Waals surface area (Å²) < 4.78 is 6.27. The maximum Gasteiger partial charge on any atom is 0.136 e. The van der Waals surface area contributed by atoms with Crippen molar-refractivity contribution in [3.63, 3.8) is 0 Å². The number of para-hydroxylation sites is 1. The van der Waals surface area contributed by atoms with E-state index in [2.05, 4.69) is 144 Å². The van der Waals surface area contributed by atoms with Gasteiger partial charge >= 0.3 is 0 Å². The third-order valence-corrected chi connectivity index (χ3v) is 6.83. The average Bonchev–Trinajstić information content (AvgIpc) is 3.33. The summed E-state index contributed by atoms with van der Waals surface area (Å²) in [6.07, 6.45) is 0. The topological polar surface area (TPSA) is 16.4 Å². The summed E-state index contributed by atoms with van der Waals surface area (Å²) in [7, 11) is 0. The molecule has 2 nitrogen and oxygen atoms in total. The highest BCUT2D eigenvalue weighted by Gasteiger charge is 2.17. The molecule has 2 heteroatoms. The molecule has 0 saturated heterocycles. The highest BCUT2D eigenvalue weighted by molar-refractivity contribution is 6.19. The van der Waals surface area contributed by atoms with Gasteiger partial charge in [0, 0.05) is 27.8 Å². The molecule has 0 aliphatic heterocycles. The molecule has 0 unspecified atom stereocenters. The molecule has 1 aromatic heterocycles. The molecule has 0 radical (unpaired) electrons. The van der Waals surface area contributed by atoms with Crippen molar-refractivity contribution in [3.8, 4) is 11.1 Å². The molecule has 36 heavy (non-hydrogen) atoms. The highest BCUT2D eigenvalue weighted by Crippen LogP contribution is 2.41. The molecule has 170 valence electrons. The molecule has 1 heterocycles. The SMILES string of the molecule is c1ccc(-c2cccc(N(c3ccccc3)c3ccc4oc5ccc6ccccc6c5c4c3)c2)cc1. The molecule has 0 spiro atoms. The van der Waals surface area contributed by atoms with Crippen molar-refractivity contribution in [1.82, 2.24) is 0 Å². The van der Waals surface area contributed by atoms with Gasteiger partial charge in [0.05, 0.1) is 0 Å². The Morgan fingerprint density at radius 2 is 1.08 bits per heavy atom. The van der Waals surface area contributed by atoms with Crippen molar-refractivity contribution in [3.05, 3.63) is 140 Å². The van der Waals surface area contributed by atoms with Gasteiger partial charge in [0.2, 0.25) is 0 Å². The van der Waals surface area contributed by atoms with E-state index < -0.39 is 0 Å². The van der Waals surface area contributed by atoms with Gasteiger partial charge in [-0.25, -0.2) is 0 Å². The summed E-state index contributed by atoms with van der Waals surface area (Å²) in [4.78, 5) is 2.32. The average molecular weight is 462 g/mol. The third-order valence-electron chi connectivity index (χ3n) is 6.83. The molecule has 6 aromatic carbocycles. The number of hydrogen-bond donors (Lipinski definition) is 0. The first kappa shape index (κ1) is 20.5. The number of rotatable bonds is 4. The fraction of sp³-hybridized carbons (Fsp3) is 0. The van der Waals surface area contributed by atoms with E-state index in [0.29, 0.717) is 0 Å². The Morgan fingerprint density at radius 1 is 0.417 bits per heavy atom. The molecular weight excluding hydrogens is 438 g/mol. The Morgan fingerprint density at radius 3 is 1.94 bits per heavy atom. The van der Waals surface area contributed by atoms with Crippen LogP contribution in [0, 0.1) is 0 Å². The summed E-state index contributed by atoms with van der Waals surface area (Å²) in [6, 6.07) is 49.0. The highest BCUT2D eigenvalue weighted by atomic mass is 16.3. The number of fused-ring (bicyclic) bond motifs is 5. The van der Waals surface area contributed by atoms with Crippen molar-refractivity contribution in [2.24, 2.45) is 0 Å². The fourth-order valence-corrected chi connectivity index (χ4v) is 5.15. The predicted molar refractivity (Wildman–Crippen MR) is 151 cm³/mol. The number of hydrogen-bond acceptors (Lipinski definition) is 2. The Hall–Kier alpha value is -4.82. The standard InChI is InChI=1S/C34H23NO/c1-3-10-24(11-4-1)26-13-9-16-28(22-26)35(27-14-5-2-6-15-27)29-19-21-32-31(23-29)34-30-17-8-7-12-25(30)18-20-33(34)36-32/h1-23H. The monoisotopic (exact) mass is 461 g/mol. The molecule has 0 amide bonds. The second-order valence-electron chi connectivity index (χ2n) is 9.03. The molecule has 0 bridgehead atoms. The number of benzene rings is 6. The van der Waals surface area contributed by atoms with Crippen LogP contribution in [-0.2, 0) is 0 Å². The van der Waals surface area contributed by atoms with Gasteiger partial charge in [-0.15, -0.1) is 0 Å². The lowest BCUT2D eigenvalue weighted by Gasteiger charge is -2.26. The first-order valence-electron chi connectivity index (χ1n) is 12.2. The van der Waals surface area contributed by atoms with Crippen molar-refractivity contribution >= 4 is 49.8 Å². The predicted octanol–water partition coefficient (Wildman–Crippen LogP) is 9.88. The maximum absolute atomic E-state index is 6.27. The lowest BCUT2D eigenvalue weighted by molar-refractivity contribution is 0.669. The van der Waals surface area contributed by atoms with Gasteiger partial charge in [0.15, 0.2) is 0 Å². The largest absolute Gasteiger partial charge is 0.456 e. The van der Waals surface area contributed by atoms with E-state index in [-0.39, 0.29) is 0 Å². The van der Waals surface area contributed by atoms with Crippen LogP contribution in [0.5, 0.6) is 0 Å². The van der Waals surface area contributed by atoms with E-state index in [9.17, 15) is 0 Å². The minimum absolute atomic E-state index is 0.899. The molecular formula is C34H23NO. The van der Waals surface area contributed by atoms with Gasteiger partial charge in [-0.3, -0.25) is 0 Å². The van der Waals surface area contributed by atoms with E-state index in [0.717, 1.165) is 39.0 Å². The second kappa shape index (κ2) is 8.44. The van der Waals surface area contributed by atoms with Crippen molar-refractivity contribution < 1.29 is 4.42 Å². The second-order valence-corrected chi connectivity index (χ2v) is 9.03. The van der Waals surface area contributed by atoms with Crippen LogP contribution in [-0.4, -0.2) is 0 Å². The Bertz CT molecular complexity index is 1830. The van der Waals surface area contributed by atoms with Gasteiger partial charge in [0.25, 0.3) is 0 Å². The molecule has 0 saturated carbocycles. The zero-order valence-corrected chi connectivity index (χ0v) is 19.6. The zero-order valence-electron chi connectivity index (χ0n) is 19.6. The quantitative estimate of drug-likeness (QED) is 0.259. The summed E-state index contributed by atoms with van der Waals surface area (Å²) in [5.41, 5.74) is 7.52. The number of furan rings is 1. The molecule has 0 atom stereocenters. The third kappa shape index (κ3) is 3.43. The first-order chi connectivity index (χ1) is 17.8. The molecule has 7 rings (SSSR count).